The van der Waals surface area contributed by atoms with Crippen molar-refractivity contribution in [2.24, 2.45) is 0 Å². The second kappa shape index (κ2) is 2.31. The Morgan fingerprint density at radius 2 is 1.57 bits per heavy atom. The fraction of sp³-hybridized carbons (Fsp3) is 1.00. The summed E-state index contributed by atoms with van der Waals surface area (Å²) in [5, 5.41) is 0. The Labute approximate surface area is 46.5 Å². The van der Waals surface area contributed by atoms with Gasteiger partial charge in [-0.15, -0.1) is 0 Å². The van der Waals surface area contributed by atoms with Gasteiger partial charge in [-0.25, -0.2) is 0 Å². The molecule has 1 heteroatoms. The highest BCUT2D eigenvalue weighted by atomic mass is 16.2. The molecule has 0 aromatic rings. The van der Waals surface area contributed by atoms with Gasteiger partial charge < -0.3 is 4.48 Å². The molecule has 0 amide bonds. The minimum Gasteiger partial charge on any atom is -0.331 e. The van der Waals surface area contributed by atoms with Crippen LogP contribution in [0.25, 0.3) is 0 Å². The molecule has 0 aromatic heterocycles. The van der Waals surface area contributed by atoms with E-state index in [1.54, 1.807) is 0 Å². The fourth-order valence-electron chi connectivity index (χ4n) is 0.671. The van der Waals surface area contributed by atoms with E-state index in [0.29, 0.717) is 0 Å². The van der Waals surface area contributed by atoms with E-state index in [-0.39, 0.29) is 0 Å². The Hall–Kier alpha value is -0.0400. The van der Waals surface area contributed by atoms with Crippen molar-refractivity contribution in [1.29, 1.82) is 0 Å². The van der Waals surface area contributed by atoms with Crippen LogP contribution in [0.2, 0.25) is 0 Å². The van der Waals surface area contributed by atoms with Gasteiger partial charge in [-0.1, -0.05) is 6.92 Å². The van der Waals surface area contributed by atoms with E-state index >= 15 is 0 Å². The van der Waals surface area contributed by atoms with Crippen LogP contribution in [0.3, 0.4) is 0 Å². The van der Waals surface area contributed by atoms with Gasteiger partial charge in [-0.3, -0.25) is 0 Å². The molecule has 0 N–H and O–H groups in total. The maximum Gasteiger partial charge on any atom is 0.0777 e. The number of rotatable bonds is 2. The first-order valence-electron chi connectivity index (χ1n) is 2.86. The highest BCUT2D eigenvalue weighted by Crippen LogP contribution is 1.90. The van der Waals surface area contributed by atoms with Crippen molar-refractivity contribution in [2.75, 3.05) is 27.7 Å². The Morgan fingerprint density at radius 1 is 1.14 bits per heavy atom. The highest BCUT2D eigenvalue weighted by Gasteiger charge is 2.01. The summed E-state index contributed by atoms with van der Waals surface area (Å²) >= 11 is 0. The lowest BCUT2D eigenvalue weighted by molar-refractivity contribution is -0.870. The van der Waals surface area contributed by atoms with Gasteiger partial charge in [0.25, 0.3) is 0 Å². The van der Waals surface area contributed by atoms with E-state index in [9.17, 15) is 0 Å². The average Bonchev–Trinajstić information content (AvgIpc) is 1.30. The van der Waals surface area contributed by atoms with Crippen molar-refractivity contribution in [3.8, 4) is 0 Å². The van der Waals surface area contributed by atoms with Gasteiger partial charge in [0.05, 0.1) is 27.7 Å². The molecule has 0 unspecified atom stereocenters. The molecule has 44 valence electrons. The van der Waals surface area contributed by atoms with E-state index in [1.807, 2.05) is 0 Å². The van der Waals surface area contributed by atoms with Gasteiger partial charge in [0, 0.05) is 0 Å². The zero-order valence-electron chi connectivity index (χ0n) is 5.86. The first-order valence-corrected chi connectivity index (χ1v) is 2.86. The topological polar surface area (TPSA) is 0 Å². The number of quaternary nitrogens is 1. The molecule has 0 rings (SSSR count). The summed E-state index contributed by atoms with van der Waals surface area (Å²) in [6, 6.07) is 0. The lowest BCUT2D eigenvalue weighted by Crippen LogP contribution is -2.34. The summed E-state index contributed by atoms with van der Waals surface area (Å²) in [5.41, 5.74) is 0. The Bertz CT molecular complexity index is 42.6. The van der Waals surface area contributed by atoms with Crippen molar-refractivity contribution < 1.29 is 4.48 Å². The van der Waals surface area contributed by atoms with Gasteiger partial charge >= 0.3 is 0 Å². The lowest BCUT2D eigenvalue weighted by atomic mass is 10.5. The van der Waals surface area contributed by atoms with Crippen molar-refractivity contribution in [3.05, 3.63) is 0 Å². The molecule has 0 spiro atoms. The zero-order chi connectivity index (χ0) is 5.91. The van der Waals surface area contributed by atoms with Gasteiger partial charge in [0.15, 0.2) is 0 Å². The summed E-state index contributed by atoms with van der Waals surface area (Å²) in [5.74, 6) is 0. The third-order valence-electron chi connectivity index (χ3n) is 0.894. The predicted molar refractivity (Wildman–Crippen MR) is 33.2 cm³/mol. The molecular formula is C6H16N+. The first-order chi connectivity index (χ1) is 3.06. The SMILES string of the molecule is CCC[15N+]([13CH3])([13CH3])[13CH3]. The second-order valence-corrected chi connectivity index (χ2v) is 3.01. The average molecular weight is 106 g/mol. The molecule has 0 saturated carbocycles. The molecule has 0 aliphatic rings. The van der Waals surface area contributed by atoms with E-state index < -0.39 is 0 Å². The molecule has 0 aromatic carbocycles. The minimum absolute atomic E-state index is 1.09. The Kier molecular flexibility index (Phi) is 2.30. The number of hydrogen-bond acceptors (Lipinski definition) is 0. The van der Waals surface area contributed by atoms with E-state index in [0.717, 1.165) is 4.48 Å². The van der Waals surface area contributed by atoms with Crippen LogP contribution in [0.1, 0.15) is 13.3 Å². The van der Waals surface area contributed by atoms with Gasteiger partial charge in [-0.2, -0.15) is 0 Å². The normalized spacial score (nSPS) is 12.0. The molecule has 0 atom stereocenters. The van der Waals surface area contributed by atoms with Crippen LogP contribution in [0.5, 0.6) is 0 Å². The molecule has 1 nitrogen and oxygen atoms in total. The molecule has 0 fully saturated rings. The van der Waals surface area contributed by atoms with Crippen molar-refractivity contribution in [3.63, 3.8) is 0 Å². The standard InChI is InChI=1S/C6H16N/c1-5-6-7(2,3)4/h5-6H2,1-4H3/q+1/i2+1,3+1,4+1,7+1. The second-order valence-electron chi connectivity index (χ2n) is 3.01. The Morgan fingerprint density at radius 3 is 1.57 bits per heavy atom. The predicted octanol–water partition coefficient (Wildman–Crippen LogP) is 1.10. The molecular weight excluding hydrogens is 90.0 g/mol. The lowest BCUT2D eigenvalue weighted by Gasteiger charge is -2.22. The summed E-state index contributed by atoms with van der Waals surface area (Å²) in [6.07, 6.45) is 1.28. The van der Waals surface area contributed by atoms with Crippen LogP contribution >= 0.6 is 0 Å². The largest absolute Gasteiger partial charge is 0.331 e. The zero-order valence-corrected chi connectivity index (χ0v) is 5.86. The number of hydrogen-bond donors (Lipinski definition) is 0. The van der Waals surface area contributed by atoms with Crippen molar-refractivity contribution in [2.45, 2.75) is 13.3 Å². The third-order valence-corrected chi connectivity index (χ3v) is 0.894. The van der Waals surface area contributed by atoms with Gasteiger partial charge in [0.2, 0.25) is 0 Å². The van der Waals surface area contributed by atoms with E-state index in [2.05, 4.69) is 28.1 Å². The third kappa shape index (κ3) is 5.96. The molecule has 0 heterocycles. The minimum atomic E-state index is 1.09. The molecule has 0 radical (unpaired) electrons. The first kappa shape index (κ1) is 6.96. The van der Waals surface area contributed by atoms with Crippen LogP contribution in [-0.4, -0.2) is 32.2 Å². The van der Waals surface area contributed by atoms with Gasteiger partial charge in [0.1, 0.15) is 0 Å². The summed E-state index contributed by atoms with van der Waals surface area (Å²) in [7, 11) is 6.64. The maximum absolute atomic E-state index is 2.21. The maximum atomic E-state index is 2.21. The molecule has 7 heavy (non-hydrogen) atoms. The van der Waals surface area contributed by atoms with E-state index in [1.165, 1.54) is 13.0 Å². The van der Waals surface area contributed by atoms with Gasteiger partial charge in [-0.05, 0) is 6.42 Å². The quantitative estimate of drug-likeness (QED) is 0.281. The summed E-state index contributed by atoms with van der Waals surface area (Å²) in [4.78, 5) is 0. The summed E-state index contributed by atoms with van der Waals surface area (Å²) < 4.78 is 1.09. The Balaban J connectivity index is 3.15. The molecule has 0 bridgehead atoms. The molecule has 0 aliphatic heterocycles. The van der Waals surface area contributed by atoms with Crippen molar-refractivity contribution in [1.82, 2.24) is 0 Å². The van der Waals surface area contributed by atoms with Crippen LogP contribution in [0.4, 0.5) is 0 Å². The fourth-order valence-corrected chi connectivity index (χ4v) is 0.671. The molecule has 0 aliphatic carbocycles. The highest BCUT2D eigenvalue weighted by molar-refractivity contribution is 4.20. The van der Waals surface area contributed by atoms with Crippen LogP contribution in [-0.2, 0) is 0 Å². The van der Waals surface area contributed by atoms with Crippen LogP contribution in [0, 0.1) is 0 Å². The monoisotopic (exact) mass is 106 g/mol. The molecule has 0 saturated heterocycles. The smallest absolute Gasteiger partial charge is 0.0777 e. The van der Waals surface area contributed by atoms with E-state index in [4.69, 9.17) is 0 Å². The van der Waals surface area contributed by atoms with Crippen molar-refractivity contribution >= 4 is 0 Å². The van der Waals surface area contributed by atoms with Crippen LogP contribution < -0.4 is 0 Å². The number of nitrogens with zero attached hydrogens (tertiary/aromatic N) is 1. The summed E-state index contributed by atoms with van der Waals surface area (Å²) in [6.45, 7) is 3.49. The van der Waals surface area contributed by atoms with Crippen LogP contribution in [0.15, 0.2) is 0 Å².